The molecular weight excluding hydrogens is 250 g/mol. The molecule has 0 unspecified atom stereocenters. The van der Waals surface area contributed by atoms with Crippen molar-refractivity contribution in [3.63, 3.8) is 0 Å². The summed E-state index contributed by atoms with van der Waals surface area (Å²) in [7, 11) is 0. The molecular formula is C17H25NO2. The van der Waals surface area contributed by atoms with Crippen LogP contribution in [0, 0.1) is 0 Å². The average molecular weight is 275 g/mol. The summed E-state index contributed by atoms with van der Waals surface area (Å²) in [5.41, 5.74) is 1.34. The van der Waals surface area contributed by atoms with Crippen molar-refractivity contribution < 1.29 is 10.2 Å². The molecule has 3 rings (SSSR count). The number of nitrogens with zero attached hydrogens (tertiary/aromatic N) is 1. The first-order valence-corrected chi connectivity index (χ1v) is 7.95. The molecule has 3 nitrogen and oxygen atoms in total. The highest BCUT2D eigenvalue weighted by Crippen LogP contribution is 2.32. The van der Waals surface area contributed by atoms with Crippen LogP contribution in [-0.4, -0.2) is 40.3 Å². The summed E-state index contributed by atoms with van der Waals surface area (Å²) in [5, 5.41) is 19.5. The van der Waals surface area contributed by atoms with E-state index in [9.17, 15) is 10.2 Å². The van der Waals surface area contributed by atoms with Crippen molar-refractivity contribution in [2.24, 2.45) is 0 Å². The molecule has 1 aliphatic carbocycles. The fraction of sp³-hybridized carbons (Fsp3) is 0.647. The van der Waals surface area contributed by atoms with E-state index in [4.69, 9.17) is 0 Å². The Kier molecular flexibility index (Phi) is 4.27. The molecule has 110 valence electrons. The van der Waals surface area contributed by atoms with Crippen molar-refractivity contribution in [2.75, 3.05) is 13.1 Å². The average Bonchev–Trinajstić information content (AvgIpc) is 2.49. The van der Waals surface area contributed by atoms with Crippen LogP contribution in [0.3, 0.4) is 0 Å². The molecule has 2 N–H and O–H groups in total. The van der Waals surface area contributed by atoms with Gasteiger partial charge >= 0.3 is 0 Å². The van der Waals surface area contributed by atoms with Gasteiger partial charge in [-0.2, -0.15) is 0 Å². The molecule has 3 heteroatoms. The van der Waals surface area contributed by atoms with Gasteiger partial charge in [0.2, 0.25) is 0 Å². The number of hydrogen-bond acceptors (Lipinski definition) is 3. The lowest BCUT2D eigenvalue weighted by Crippen LogP contribution is -2.48. The van der Waals surface area contributed by atoms with Crippen molar-refractivity contribution >= 4 is 0 Å². The van der Waals surface area contributed by atoms with Gasteiger partial charge in [0.05, 0.1) is 6.10 Å². The van der Waals surface area contributed by atoms with Crippen LogP contribution in [0.2, 0.25) is 0 Å². The van der Waals surface area contributed by atoms with Crippen molar-refractivity contribution in [2.45, 2.75) is 56.6 Å². The van der Waals surface area contributed by atoms with Crippen molar-refractivity contribution in [1.82, 2.24) is 4.90 Å². The topological polar surface area (TPSA) is 43.7 Å². The van der Waals surface area contributed by atoms with E-state index in [0.29, 0.717) is 17.7 Å². The molecule has 1 aliphatic heterocycles. The number of likely N-dealkylation sites (tertiary alicyclic amines) is 1. The maximum atomic E-state index is 10.2. The fourth-order valence-electron chi connectivity index (χ4n) is 3.83. The molecule has 0 bridgehead atoms. The third-order valence-corrected chi connectivity index (χ3v) is 5.06. The van der Waals surface area contributed by atoms with Gasteiger partial charge in [-0.25, -0.2) is 0 Å². The van der Waals surface area contributed by atoms with Crippen LogP contribution in [-0.2, 0) is 0 Å². The summed E-state index contributed by atoms with van der Waals surface area (Å²) >= 11 is 0. The summed E-state index contributed by atoms with van der Waals surface area (Å²) in [6.45, 7) is 2.18. The van der Waals surface area contributed by atoms with Gasteiger partial charge in [0.1, 0.15) is 5.75 Å². The third kappa shape index (κ3) is 2.99. The van der Waals surface area contributed by atoms with Crippen LogP contribution < -0.4 is 0 Å². The van der Waals surface area contributed by atoms with Crippen LogP contribution in [0.25, 0.3) is 0 Å². The Morgan fingerprint density at radius 3 is 2.20 bits per heavy atom. The predicted octanol–water partition coefficient (Wildman–Crippen LogP) is 2.88. The summed E-state index contributed by atoms with van der Waals surface area (Å²) in [6.07, 6.45) is 6.78. The van der Waals surface area contributed by atoms with Crippen LogP contribution in [0.5, 0.6) is 5.75 Å². The van der Waals surface area contributed by atoms with E-state index in [1.165, 1.54) is 18.4 Å². The summed E-state index contributed by atoms with van der Waals surface area (Å²) in [5.74, 6) is 0.948. The Hall–Kier alpha value is -1.06. The van der Waals surface area contributed by atoms with Crippen molar-refractivity contribution in [3.8, 4) is 5.75 Å². The molecule has 2 aliphatic rings. The minimum atomic E-state index is -0.117. The molecule has 20 heavy (non-hydrogen) atoms. The molecule has 0 aromatic heterocycles. The Morgan fingerprint density at radius 1 is 0.900 bits per heavy atom. The van der Waals surface area contributed by atoms with E-state index < -0.39 is 0 Å². The van der Waals surface area contributed by atoms with E-state index in [1.807, 2.05) is 12.1 Å². The molecule has 2 atom stereocenters. The number of aliphatic hydroxyl groups is 1. The zero-order valence-corrected chi connectivity index (χ0v) is 12.0. The molecule has 0 spiro atoms. The highest BCUT2D eigenvalue weighted by Gasteiger charge is 2.31. The van der Waals surface area contributed by atoms with Gasteiger partial charge in [-0.05, 0) is 62.4 Å². The Balaban J connectivity index is 1.57. The van der Waals surface area contributed by atoms with Gasteiger partial charge in [0.15, 0.2) is 0 Å². The van der Waals surface area contributed by atoms with Crippen LogP contribution in [0.15, 0.2) is 24.3 Å². The quantitative estimate of drug-likeness (QED) is 0.872. The first kappa shape index (κ1) is 13.9. The zero-order chi connectivity index (χ0) is 13.9. The maximum absolute atomic E-state index is 10.2. The van der Waals surface area contributed by atoms with Crippen LogP contribution >= 0.6 is 0 Å². The highest BCUT2D eigenvalue weighted by molar-refractivity contribution is 5.28. The lowest BCUT2D eigenvalue weighted by molar-refractivity contribution is 0.00870. The van der Waals surface area contributed by atoms with E-state index in [1.54, 1.807) is 12.1 Å². The number of phenols is 1. The number of phenolic OH excluding ortho intramolecular Hbond substituents is 1. The van der Waals surface area contributed by atoms with E-state index in [0.717, 1.165) is 38.8 Å². The summed E-state index contributed by atoms with van der Waals surface area (Å²) < 4.78 is 0. The second kappa shape index (κ2) is 6.15. The highest BCUT2D eigenvalue weighted by atomic mass is 16.3. The zero-order valence-electron chi connectivity index (χ0n) is 12.0. The third-order valence-electron chi connectivity index (χ3n) is 5.06. The van der Waals surface area contributed by atoms with E-state index >= 15 is 0 Å². The molecule has 2 fully saturated rings. The normalized spacial score (nSPS) is 29.4. The number of aromatic hydroxyl groups is 1. The molecule has 1 heterocycles. The van der Waals surface area contributed by atoms with Crippen molar-refractivity contribution in [1.29, 1.82) is 0 Å². The first-order valence-electron chi connectivity index (χ1n) is 7.95. The molecule has 0 radical (unpaired) electrons. The largest absolute Gasteiger partial charge is 0.508 e. The number of benzene rings is 1. The monoisotopic (exact) mass is 275 g/mol. The van der Waals surface area contributed by atoms with E-state index in [-0.39, 0.29) is 6.10 Å². The summed E-state index contributed by atoms with van der Waals surface area (Å²) in [4.78, 5) is 2.50. The van der Waals surface area contributed by atoms with Crippen LogP contribution in [0.4, 0.5) is 0 Å². The molecule has 1 aromatic carbocycles. The van der Waals surface area contributed by atoms with Gasteiger partial charge < -0.3 is 10.2 Å². The predicted molar refractivity (Wildman–Crippen MR) is 79.9 cm³/mol. The second-order valence-corrected chi connectivity index (χ2v) is 6.32. The minimum absolute atomic E-state index is 0.117. The van der Waals surface area contributed by atoms with E-state index in [2.05, 4.69) is 4.90 Å². The number of rotatable bonds is 2. The molecule has 0 amide bonds. The Morgan fingerprint density at radius 2 is 1.55 bits per heavy atom. The Labute approximate surface area is 121 Å². The summed E-state index contributed by atoms with van der Waals surface area (Å²) in [6, 6.07) is 8.06. The van der Waals surface area contributed by atoms with Crippen molar-refractivity contribution in [3.05, 3.63) is 29.8 Å². The van der Waals surface area contributed by atoms with Gasteiger partial charge in [-0.15, -0.1) is 0 Å². The number of aliphatic hydroxyl groups excluding tert-OH is 1. The Bertz CT molecular complexity index is 423. The molecule has 1 saturated heterocycles. The maximum Gasteiger partial charge on any atom is 0.115 e. The first-order chi connectivity index (χ1) is 9.74. The molecule has 1 aromatic rings. The molecule has 1 saturated carbocycles. The van der Waals surface area contributed by atoms with Crippen LogP contribution in [0.1, 0.15) is 50.0 Å². The standard InChI is InChI=1S/C17H25NO2/c19-15-7-5-13(6-8-15)14-9-11-18(12-10-14)16-3-1-2-4-17(16)20/h5-8,14,16-17,19-20H,1-4,9-12H2/t16-,17-/m1/s1. The van der Waals surface area contributed by atoms with Gasteiger partial charge in [-0.3, -0.25) is 4.90 Å². The fourth-order valence-corrected chi connectivity index (χ4v) is 3.83. The van der Waals surface area contributed by atoms with Gasteiger partial charge in [-0.1, -0.05) is 25.0 Å². The SMILES string of the molecule is Oc1ccc(C2CCN([C@@H]3CCCC[C@H]3O)CC2)cc1. The van der Waals surface area contributed by atoms with Gasteiger partial charge in [0.25, 0.3) is 0 Å². The number of piperidine rings is 1. The second-order valence-electron chi connectivity index (χ2n) is 6.32. The number of hydrogen-bond donors (Lipinski definition) is 2. The smallest absolute Gasteiger partial charge is 0.115 e. The minimum Gasteiger partial charge on any atom is -0.508 e. The van der Waals surface area contributed by atoms with Gasteiger partial charge in [0, 0.05) is 6.04 Å². The lowest BCUT2D eigenvalue weighted by Gasteiger charge is -2.41. The lowest BCUT2D eigenvalue weighted by atomic mass is 9.86.